The standard InChI is InChI=1S/C35H33NO8P2/c37-45(39-30-18-8-2-9-19-30,40-31-20-10-3-11-21-31)43-34-27-36(26-29-16-6-1-7-17-29)28-35(34)44-46(38,41-32-22-12-4-13-23-32)42-33-24-14-5-15-25-33/h1-25,34-35H,26-28H2/t34-,35-/m0/s1. The van der Waals surface area contributed by atoms with E-state index in [2.05, 4.69) is 4.90 Å². The molecule has 236 valence electrons. The van der Waals surface area contributed by atoms with E-state index in [9.17, 15) is 9.13 Å². The van der Waals surface area contributed by atoms with Gasteiger partial charge < -0.3 is 18.1 Å². The lowest BCUT2D eigenvalue weighted by molar-refractivity contribution is 0.0514. The fourth-order valence-electron chi connectivity index (χ4n) is 4.89. The Kier molecular flexibility index (Phi) is 10.2. The van der Waals surface area contributed by atoms with Crippen molar-refractivity contribution in [3.63, 3.8) is 0 Å². The first kappa shape index (κ1) is 31.6. The number of likely N-dealkylation sites (tertiary alicyclic amines) is 1. The van der Waals surface area contributed by atoms with Gasteiger partial charge in [-0.1, -0.05) is 103 Å². The van der Waals surface area contributed by atoms with Gasteiger partial charge in [0.15, 0.2) is 0 Å². The Bertz CT molecular complexity index is 1550. The molecule has 0 N–H and O–H groups in total. The maximum atomic E-state index is 14.4. The van der Waals surface area contributed by atoms with Crippen LogP contribution in [0.4, 0.5) is 0 Å². The molecule has 5 aromatic carbocycles. The topological polar surface area (TPSA) is 92.8 Å². The molecule has 1 saturated heterocycles. The van der Waals surface area contributed by atoms with Gasteiger partial charge in [0, 0.05) is 19.6 Å². The van der Waals surface area contributed by atoms with Crippen molar-refractivity contribution in [3.8, 4) is 23.0 Å². The SMILES string of the molecule is O=P(Oc1ccccc1)(Oc1ccccc1)O[C@H]1CN(Cc2ccccc2)C[C@@H]1OP(=O)(Oc1ccccc1)Oc1ccccc1. The lowest BCUT2D eigenvalue weighted by atomic mass is 10.2. The molecule has 0 aromatic heterocycles. The predicted octanol–water partition coefficient (Wildman–Crippen LogP) is 8.80. The average Bonchev–Trinajstić information content (AvgIpc) is 3.41. The molecule has 1 aliphatic rings. The van der Waals surface area contributed by atoms with Crippen molar-refractivity contribution < 1.29 is 36.3 Å². The molecule has 0 aliphatic carbocycles. The predicted molar refractivity (Wildman–Crippen MR) is 175 cm³/mol. The van der Waals surface area contributed by atoms with Gasteiger partial charge in [0.2, 0.25) is 0 Å². The van der Waals surface area contributed by atoms with Gasteiger partial charge in [-0.2, -0.15) is 0 Å². The third-order valence-electron chi connectivity index (χ3n) is 6.91. The zero-order valence-corrected chi connectivity index (χ0v) is 26.6. The van der Waals surface area contributed by atoms with Gasteiger partial charge >= 0.3 is 15.6 Å². The Morgan fingerprint density at radius 2 is 0.739 bits per heavy atom. The molecule has 1 heterocycles. The summed E-state index contributed by atoms with van der Waals surface area (Å²) in [4.78, 5) is 2.05. The van der Waals surface area contributed by atoms with Crippen molar-refractivity contribution in [2.45, 2.75) is 18.8 Å². The smallest absolute Gasteiger partial charge is 0.395 e. The zero-order valence-electron chi connectivity index (χ0n) is 24.8. The van der Waals surface area contributed by atoms with E-state index in [1.165, 1.54) is 0 Å². The second-order valence-electron chi connectivity index (χ2n) is 10.5. The van der Waals surface area contributed by atoms with Gasteiger partial charge in [-0.15, -0.1) is 0 Å². The van der Waals surface area contributed by atoms with Gasteiger partial charge in [0.1, 0.15) is 35.2 Å². The summed E-state index contributed by atoms with van der Waals surface area (Å²) < 4.78 is 64.9. The van der Waals surface area contributed by atoms with Crippen LogP contribution in [0.15, 0.2) is 152 Å². The Labute approximate surface area is 268 Å². The maximum absolute atomic E-state index is 14.4. The lowest BCUT2D eigenvalue weighted by Gasteiger charge is -2.27. The van der Waals surface area contributed by atoms with Crippen molar-refractivity contribution in [2.75, 3.05) is 13.1 Å². The zero-order chi connectivity index (χ0) is 31.7. The van der Waals surface area contributed by atoms with Crippen LogP contribution in [0, 0.1) is 0 Å². The second kappa shape index (κ2) is 14.8. The summed E-state index contributed by atoms with van der Waals surface area (Å²) in [6.45, 7) is 1.06. The number of phosphoric acid groups is 2. The van der Waals surface area contributed by atoms with Gasteiger partial charge in [0.25, 0.3) is 0 Å². The van der Waals surface area contributed by atoms with E-state index in [4.69, 9.17) is 27.1 Å². The maximum Gasteiger partial charge on any atom is 0.587 e. The van der Waals surface area contributed by atoms with Crippen LogP contribution in [-0.2, 0) is 24.7 Å². The van der Waals surface area contributed by atoms with Crippen molar-refractivity contribution >= 4 is 15.6 Å². The summed E-state index contributed by atoms with van der Waals surface area (Å²) in [6, 6.07) is 44.4. The molecule has 0 spiro atoms. The summed E-state index contributed by atoms with van der Waals surface area (Å²) in [5, 5.41) is 0. The molecule has 46 heavy (non-hydrogen) atoms. The van der Waals surface area contributed by atoms with Crippen LogP contribution >= 0.6 is 15.6 Å². The number of para-hydroxylation sites is 4. The highest BCUT2D eigenvalue weighted by Gasteiger charge is 2.47. The highest BCUT2D eigenvalue weighted by molar-refractivity contribution is 7.49. The van der Waals surface area contributed by atoms with E-state index in [1.54, 1.807) is 97.1 Å². The van der Waals surface area contributed by atoms with E-state index >= 15 is 0 Å². The number of hydrogen-bond donors (Lipinski definition) is 0. The van der Waals surface area contributed by atoms with Gasteiger partial charge in [-0.25, -0.2) is 9.13 Å². The first-order valence-electron chi connectivity index (χ1n) is 14.8. The summed E-state index contributed by atoms with van der Waals surface area (Å²) in [5.74, 6) is 1.18. The van der Waals surface area contributed by atoms with Crippen LogP contribution in [-0.4, -0.2) is 30.2 Å². The number of phosphoric ester groups is 2. The molecule has 5 aromatic rings. The first-order valence-corrected chi connectivity index (χ1v) is 17.7. The molecule has 0 saturated carbocycles. The minimum Gasteiger partial charge on any atom is -0.395 e. The summed E-state index contributed by atoms with van der Waals surface area (Å²) in [6.07, 6.45) is -1.84. The second-order valence-corrected chi connectivity index (χ2v) is 13.4. The number of benzene rings is 5. The fourth-order valence-corrected chi connectivity index (χ4v) is 7.72. The average molecular weight is 658 g/mol. The molecule has 0 radical (unpaired) electrons. The normalized spacial score (nSPS) is 16.9. The third-order valence-corrected chi connectivity index (χ3v) is 9.71. The monoisotopic (exact) mass is 657 g/mol. The molecule has 2 atom stereocenters. The van der Waals surface area contributed by atoms with Crippen molar-refractivity contribution in [1.29, 1.82) is 0 Å². The molecule has 1 fully saturated rings. The largest absolute Gasteiger partial charge is 0.587 e. The van der Waals surface area contributed by atoms with Crippen molar-refractivity contribution in [1.82, 2.24) is 4.90 Å². The Morgan fingerprint density at radius 3 is 1.04 bits per heavy atom. The molecule has 0 bridgehead atoms. The van der Waals surface area contributed by atoms with Crippen LogP contribution in [0.2, 0.25) is 0 Å². The van der Waals surface area contributed by atoms with E-state index in [1.807, 2.05) is 54.6 Å². The first-order chi connectivity index (χ1) is 22.4. The highest BCUT2D eigenvalue weighted by atomic mass is 31.2. The number of hydrogen-bond acceptors (Lipinski definition) is 9. The molecular weight excluding hydrogens is 624 g/mol. The molecular formula is C35H33NO8P2. The molecule has 0 amide bonds. The van der Waals surface area contributed by atoms with Crippen molar-refractivity contribution in [2.24, 2.45) is 0 Å². The lowest BCUT2D eigenvalue weighted by Crippen LogP contribution is -2.31. The van der Waals surface area contributed by atoms with Crippen LogP contribution in [0.25, 0.3) is 0 Å². The minimum atomic E-state index is -4.34. The van der Waals surface area contributed by atoms with Crippen molar-refractivity contribution in [3.05, 3.63) is 157 Å². The van der Waals surface area contributed by atoms with Crippen LogP contribution in [0.3, 0.4) is 0 Å². The van der Waals surface area contributed by atoms with Crippen LogP contribution in [0.1, 0.15) is 5.56 Å². The third kappa shape index (κ3) is 8.88. The van der Waals surface area contributed by atoms with Gasteiger partial charge in [-0.3, -0.25) is 13.9 Å². The minimum absolute atomic E-state index is 0.260. The van der Waals surface area contributed by atoms with Gasteiger partial charge in [-0.05, 0) is 54.1 Å². The highest BCUT2D eigenvalue weighted by Crippen LogP contribution is 2.55. The Balaban J connectivity index is 1.31. The van der Waals surface area contributed by atoms with E-state index in [0.29, 0.717) is 29.5 Å². The molecule has 11 heteroatoms. The number of nitrogens with zero attached hydrogens (tertiary/aromatic N) is 1. The Morgan fingerprint density at radius 1 is 0.457 bits per heavy atom. The summed E-state index contributed by atoms with van der Waals surface area (Å²) >= 11 is 0. The molecule has 6 rings (SSSR count). The van der Waals surface area contributed by atoms with Crippen LogP contribution in [0.5, 0.6) is 23.0 Å². The molecule has 9 nitrogen and oxygen atoms in total. The molecule has 1 aliphatic heterocycles. The van der Waals surface area contributed by atoms with E-state index < -0.39 is 27.9 Å². The van der Waals surface area contributed by atoms with E-state index in [0.717, 1.165) is 5.56 Å². The van der Waals surface area contributed by atoms with Crippen LogP contribution < -0.4 is 18.1 Å². The summed E-state index contributed by atoms with van der Waals surface area (Å²) in [7, 11) is -8.67. The Hall–Kier alpha value is -4.36. The molecule has 0 unspecified atom stereocenters. The fraction of sp³-hybridized carbons (Fsp3) is 0.143. The van der Waals surface area contributed by atoms with Gasteiger partial charge in [0.05, 0.1) is 0 Å². The summed E-state index contributed by atoms with van der Waals surface area (Å²) in [5.41, 5.74) is 1.05. The van der Waals surface area contributed by atoms with E-state index in [-0.39, 0.29) is 13.1 Å². The quantitative estimate of drug-likeness (QED) is 0.109. The number of rotatable bonds is 14.